The number of anilines is 1. The molecule has 2 aromatic rings. The Labute approximate surface area is 141 Å². The first-order chi connectivity index (χ1) is 11.1. The topological polar surface area (TPSA) is 51.2 Å². The standard InChI is InChI=1S/C18H22N2O2S/c1-4-23-17(13(2)3)18(21)20-14-6-5-7-16(12-14)22-15-8-10-19-11-9-15/h5-13,17H,4H2,1-3H3,(H,20,21). The first kappa shape index (κ1) is 17.3. The number of thioether (sulfide) groups is 1. The lowest BCUT2D eigenvalue weighted by atomic mass is 10.1. The number of nitrogens with one attached hydrogen (secondary N) is 1. The number of hydrogen-bond acceptors (Lipinski definition) is 4. The molecule has 1 aromatic heterocycles. The highest BCUT2D eigenvalue weighted by Gasteiger charge is 2.22. The molecule has 0 saturated heterocycles. The Kier molecular flexibility index (Phi) is 6.47. The van der Waals surface area contributed by atoms with Gasteiger partial charge in [0.25, 0.3) is 0 Å². The van der Waals surface area contributed by atoms with Gasteiger partial charge in [-0.05, 0) is 35.9 Å². The summed E-state index contributed by atoms with van der Waals surface area (Å²) in [7, 11) is 0. The molecule has 1 amide bonds. The van der Waals surface area contributed by atoms with Crippen LogP contribution in [0.5, 0.6) is 11.5 Å². The van der Waals surface area contributed by atoms with Crippen LogP contribution in [0, 0.1) is 5.92 Å². The predicted molar refractivity (Wildman–Crippen MR) is 96.1 cm³/mol. The van der Waals surface area contributed by atoms with Crippen molar-refractivity contribution in [1.82, 2.24) is 4.98 Å². The first-order valence-electron chi connectivity index (χ1n) is 7.70. The molecule has 0 fully saturated rings. The van der Waals surface area contributed by atoms with Crippen LogP contribution in [0.25, 0.3) is 0 Å². The van der Waals surface area contributed by atoms with E-state index in [0.717, 1.165) is 11.4 Å². The van der Waals surface area contributed by atoms with Crippen LogP contribution < -0.4 is 10.1 Å². The highest BCUT2D eigenvalue weighted by molar-refractivity contribution is 8.00. The fourth-order valence-electron chi connectivity index (χ4n) is 2.14. The van der Waals surface area contributed by atoms with Crippen LogP contribution in [-0.2, 0) is 4.79 Å². The normalized spacial score (nSPS) is 12.0. The molecule has 0 radical (unpaired) electrons. The summed E-state index contributed by atoms with van der Waals surface area (Å²) in [5.41, 5.74) is 0.740. The van der Waals surface area contributed by atoms with Gasteiger partial charge in [0.2, 0.25) is 5.91 Å². The average Bonchev–Trinajstić information content (AvgIpc) is 2.53. The molecule has 0 spiro atoms. The minimum atomic E-state index is -0.0511. The van der Waals surface area contributed by atoms with Gasteiger partial charge in [-0.1, -0.05) is 26.8 Å². The summed E-state index contributed by atoms with van der Waals surface area (Å²) in [6, 6.07) is 11.0. The minimum Gasteiger partial charge on any atom is -0.457 e. The Morgan fingerprint density at radius 3 is 2.61 bits per heavy atom. The molecule has 0 bridgehead atoms. The Bertz CT molecular complexity index is 632. The van der Waals surface area contributed by atoms with Crippen LogP contribution in [-0.4, -0.2) is 21.9 Å². The summed E-state index contributed by atoms with van der Waals surface area (Å²) in [6.45, 7) is 6.20. The highest BCUT2D eigenvalue weighted by atomic mass is 32.2. The largest absolute Gasteiger partial charge is 0.457 e. The maximum atomic E-state index is 12.4. The summed E-state index contributed by atoms with van der Waals surface area (Å²) < 4.78 is 5.76. The van der Waals surface area contributed by atoms with Gasteiger partial charge in [-0.2, -0.15) is 0 Å². The number of rotatable bonds is 7. The molecule has 1 aromatic carbocycles. The van der Waals surface area contributed by atoms with Crippen LogP contribution in [0.1, 0.15) is 20.8 Å². The van der Waals surface area contributed by atoms with Gasteiger partial charge >= 0.3 is 0 Å². The van der Waals surface area contributed by atoms with Crippen molar-refractivity contribution in [1.29, 1.82) is 0 Å². The zero-order valence-corrected chi connectivity index (χ0v) is 14.5. The third kappa shape index (κ3) is 5.28. The molecule has 0 saturated carbocycles. The third-order valence-electron chi connectivity index (χ3n) is 3.20. The number of amides is 1. The van der Waals surface area contributed by atoms with Crippen molar-refractivity contribution < 1.29 is 9.53 Å². The SMILES string of the molecule is CCSC(C(=O)Nc1cccc(Oc2ccncc2)c1)C(C)C. The fraction of sp³-hybridized carbons (Fsp3) is 0.333. The van der Waals surface area contributed by atoms with E-state index in [2.05, 4.69) is 31.1 Å². The van der Waals surface area contributed by atoms with Crippen LogP contribution >= 0.6 is 11.8 Å². The molecule has 23 heavy (non-hydrogen) atoms. The molecule has 0 aliphatic heterocycles. The number of pyridine rings is 1. The van der Waals surface area contributed by atoms with Crippen molar-refractivity contribution in [2.75, 3.05) is 11.1 Å². The number of nitrogens with zero attached hydrogens (tertiary/aromatic N) is 1. The second kappa shape index (κ2) is 8.58. The first-order valence-corrected chi connectivity index (χ1v) is 8.75. The van der Waals surface area contributed by atoms with Gasteiger partial charge < -0.3 is 10.1 Å². The van der Waals surface area contributed by atoms with Crippen LogP contribution in [0.3, 0.4) is 0 Å². The second-order valence-electron chi connectivity index (χ2n) is 5.42. The van der Waals surface area contributed by atoms with Crippen LogP contribution in [0.15, 0.2) is 48.8 Å². The van der Waals surface area contributed by atoms with Crippen LogP contribution in [0.2, 0.25) is 0 Å². The van der Waals surface area contributed by atoms with Gasteiger partial charge in [-0.3, -0.25) is 9.78 Å². The minimum absolute atomic E-state index is 0.0351. The van der Waals surface area contributed by atoms with Gasteiger partial charge in [-0.25, -0.2) is 0 Å². The van der Waals surface area contributed by atoms with E-state index in [9.17, 15) is 4.79 Å². The summed E-state index contributed by atoms with van der Waals surface area (Å²) in [4.78, 5) is 16.4. The van der Waals surface area contributed by atoms with E-state index in [-0.39, 0.29) is 17.1 Å². The van der Waals surface area contributed by atoms with Gasteiger partial charge in [0, 0.05) is 24.1 Å². The summed E-state index contributed by atoms with van der Waals surface area (Å²) >= 11 is 1.67. The van der Waals surface area contributed by atoms with E-state index in [4.69, 9.17) is 4.74 Å². The van der Waals surface area contributed by atoms with E-state index >= 15 is 0 Å². The quantitative estimate of drug-likeness (QED) is 0.806. The zero-order chi connectivity index (χ0) is 16.7. The number of aromatic nitrogens is 1. The molecule has 1 atom stereocenters. The van der Waals surface area contributed by atoms with E-state index < -0.39 is 0 Å². The molecular formula is C18H22N2O2S. The average molecular weight is 330 g/mol. The molecule has 0 aliphatic carbocycles. The van der Waals surface area contributed by atoms with E-state index in [1.807, 2.05) is 24.3 Å². The molecule has 5 heteroatoms. The molecule has 122 valence electrons. The molecule has 1 N–H and O–H groups in total. The van der Waals surface area contributed by atoms with E-state index in [1.165, 1.54) is 0 Å². The third-order valence-corrected chi connectivity index (χ3v) is 4.65. The molecule has 1 unspecified atom stereocenters. The lowest BCUT2D eigenvalue weighted by Crippen LogP contribution is -2.29. The monoisotopic (exact) mass is 330 g/mol. The maximum absolute atomic E-state index is 12.4. The molecule has 2 rings (SSSR count). The summed E-state index contributed by atoms with van der Waals surface area (Å²) in [5.74, 6) is 2.63. The molecular weight excluding hydrogens is 308 g/mol. The lowest BCUT2D eigenvalue weighted by molar-refractivity contribution is -0.116. The Hall–Kier alpha value is -2.01. The van der Waals surface area contributed by atoms with Crippen molar-refractivity contribution in [2.24, 2.45) is 5.92 Å². The number of hydrogen-bond donors (Lipinski definition) is 1. The number of carbonyl (C=O) groups excluding carboxylic acids is 1. The number of benzene rings is 1. The number of ether oxygens (including phenoxy) is 1. The summed E-state index contributed by atoms with van der Waals surface area (Å²) in [5, 5.41) is 2.93. The fourth-order valence-corrected chi connectivity index (χ4v) is 3.10. The van der Waals surface area contributed by atoms with Gasteiger partial charge in [0.05, 0.1) is 5.25 Å². The van der Waals surface area contributed by atoms with Crippen molar-refractivity contribution in [2.45, 2.75) is 26.0 Å². The van der Waals surface area contributed by atoms with E-state index in [1.54, 1.807) is 36.3 Å². The van der Waals surface area contributed by atoms with Gasteiger partial charge in [-0.15, -0.1) is 11.8 Å². The summed E-state index contributed by atoms with van der Waals surface area (Å²) in [6.07, 6.45) is 3.35. The van der Waals surface area contributed by atoms with E-state index in [0.29, 0.717) is 11.5 Å². The van der Waals surface area contributed by atoms with Gasteiger partial charge in [0.1, 0.15) is 11.5 Å². The second-order valence-corrected chi connectivity index (χ2v) is 6.84. The highest BCUT2D eigenvalue weighted by Crippen LogP contribution is 2.25. The molecule has 1 heterocycles. The van der Waals surface area contributed by atoms with Crippen molar-refractivity contribution in [3.8, 4) is 11.5 Å². The maximum Gasteiger partial charge on any atom is 0.237 e. The van der Waals surface area contributed by atoms with Crippen molar-refractivity contribution in [3.05, 3.63) is 48.8 Å². The molecule has 4 nitrogen and oxygen atoms in total. The Morgan fingerprint density at radius 2 is 1.96 bits per heavy atom. The smallest absolute Gasteiger partial charge is 0.237 e. The van der Waals surface area contributed by atoms with Crippen molar-refractivity contribution >= 4 is 23.4 Å². The number of carbonyl (C=O) groups is 1. The van der Waals surface area contributed by atoms with Gasteiger partial charge in [0.15, 0.2) is 0 Å². The molecule has 0 aliphatic rings. The Morgan fingerprint density at radius 1 is 1.22 bits per heavy atom. The lowest BCUT2D eigenvalue weighted by Gasteiger charge is -2.19. The Balaban J connectivity index is 2.06. The predicted octanol–water partition coefficient (Wildman–Crippen LogP) is 4.59. The zero-order valence-electron chi connectivity index (χ0n) is 13.7. The van der Waals surface area contributed by atoms with Crippen LogP contribution in [0.4, 0.5) is 5.69 Å². The van der Waals surface area contributed by atoms with Crippen molar-refractivity contribution in [3.63, 3.8) is 0 Å².